The van der Waals surface area contributed by atoms with Crippen molar-refractivity contribution in [3.05, 3.63) is 0 Å². The van der Waals surface area contributed by atoms with Gasteiger partial charge in [-0.15, -0.1) is 0 Å². The highest BCUT2D eigenvalue weighted by molar-refractivity contribution is 4.92. The Kier molecular flexibility index (Phi) is 4.28. The van der Waals surface area contributed by atoms with Crippen LogP contribution in [0, 0.1) is 0 Å². The molecule has 0 radical (unpaired) electrons. The first-order chi connectivity index (χ1) is 6.57. The Hall–Kier alpha value is -0.200. The number of β-amino-alcohol motifs (C(OH)–C–C–N with tert-alkyl or cyclic N) is 1. The predicted molar refractivity (Wildman–Crippen MR) is 50.7 cm³/mol. The van der Waals surface area contributed by atoms with E-state index in [0.717, 1.165) is 6.42 Å². The van der Waals surface area contributed by atoms with E-state index < -0.39 is 24.4 Å². The molecule has 1 aliphatic rings. The summed E-state index contributed by atoms with van der Waals surface area (Å²) >= 11 is 0. The molecule has 0 unspecified atom stereocenters. The van der Waals surface area contributed by atoms with E-state index in [-0.39, 0.29) is 12.6 Å². The fourth-order valence-corrected chi connectivity index (χ4v) is 1.77. The smallest absolute Gasteiger partial charge is 0.110 e. The lowest BCUT2D eigenvalue weighted by Gasteiger charge is -2.25. The van der Waals surface area contributed by atoms with Crippen LogP contribution in [0.3, 0.4) is 0 Å². The lowest BCUT2D eigenvalue weighted by molar-refractivity contribution is -0.0959. The summed E-state index contributed by atoms with van der Waals surface area (Å²) in [5.41, 5.74) is 0. The van der Waals surface area contributed by atoms with Crippen LogP contribution in [0.5, 0.6) is 0 Å². The Labute approximate surface area is 83.4 Å². The molecule has 1 fully saturated rings. The number of hydrogen-bond donors (Lipinski definition) is 5. The summed E-state index contributed by atoms with van der Waals surface area (Å²) in [7, 11) is 0. The van der Waals surface area contributed by atoms with Gasteiger partial charge in [-0.2, -0.15) is 0 Å². The number of hydrogen-bond acceptors (Lipinski definition) is 5. The van der Waals surface area contributed by atoms with Crippen molar-refractivity contribution in [2.45, 2.75) is 50.2 Å². The Bertz CT molecular complexity index is 178. The number of rotatable bonds is 2. The van der Waals surface area contributed by atoms with Crippen molar-refractivity contribution in [3.63, 3.8) is 0 Å². The van der Waals surface area contributed by atoms with Crippen LogP contribution in [0.15, 0.2) is 0 Å². The van der Waals surface area contributed by atoms with E-state index in [4.69, 9.17) is 0 Å². The van der Waals surface area contributed by atoms with E-state index >= 15 is 0 Å². The molecule has 5 heteroatoms. The Balaban J connectivity index is 2.65. The van der Waals surface area contributed by atoms with Crippen molar-refractivity contribution in [3.8, 4) is 0 Å². The largest absolute Gasteiger partial charge is 0.389 e. The standard InChI is InChI=1S/C9H19NO4/c1-2-3-5-7(12)9(14)8(13)6(11)4-10-5/h5-14H,2-4H2,1H3/t5-,6+,7-,8+,9+/m0/s1. The summed E-state index contributed by atoms with van der Waals surface area (Å²) < 4.78 is 0. The monoisotopic (exact) mass is 205 g/mol. The van der Waals surface area contributed by atoms with Crippen LogP contribution < -0.4 is 5.32 Å². The summed E-state index contributed by atoms with van der Waals surface area (Å²) in [6.07, 6.45) is -3.04. The second-order valence-corrected chi connectivity index (χ2v) is 3.84. The molecule has 1 heterocycles. The SMILES string of the molecule is CCC[C@@H]1NC[C@@H](O)[C@@H](O)[C@H](O)[C@H]1O. The quantitative estimate of drug-likeness (QED) is 0.367. The van der Waals surface area contributed by atoms with Crippen LogP contribution in [0.1, 0.15) is 19.8 Å². The minimum absolute atomic E-state index is 0.194. The first-order valence-electron chi connectivity index (χ1n) is 5.03. The van der Waals surface area contributed by atoms with Gasteiger partial charge in [0.2, 0.25) is 0 Å². The van der Waals surface area contributed by atoms with Crippen LogP contribution in [-0.2, 0) is 0 Å². The minimum atomic E-state index is -1.28. The second kappa shape index (κ2) is 5.04. The molecule has 84 valence electrons. The Morgan fingerprint density at radius 3 is 2.29 bits per heavy atom. The molecule has 0 aromatic carbocycles. The molecule has 14 heavy (non-hydrogen) atoms. The average Bonchev–Trinajstić information content (AvgIpc) is 2.26. The summed E-state index contributed by atoms with van der Waals surface area (Å²) in [6, 6.07) is -0.262. The van der Waals surface area contributed by atoms with Gasteiger partial charge in [-0.25, -0.2) is 0 Å². The third-order valence-corrected chi connectivity index (χ3v) is 2.70. The maximum atomic E-state index is 9.65. The molecule has 0 aromatic rings. The van der Waals surface area contributed by atoms with Gasteiger partial charge in [-0.3, -0.25) is 0 Å². The van der Waals surface area contributed by atoms with Crippen LogP contribution in [0.2, 0.25) is 0 Å². The van der Waals surface area contributed by atoms with Gasteiger partial charge in [0, 0.05) is 12.6 Å². The van der Waals surface area contributed by atoms with Crippen molar-refractivity contribution in [2.24, 2.45) is 0 Å². The molecule has 0 aliphatic carbocycles. The molecular weight excluding hydrogens is 186 g/mol. The highest BCUT2D eigenvalue weighted by Crippen LogP contribution is 2.15. The van der Waals surface area contributed by atoms with Crippen molar-refractivity contribution in [2.75, 3.05) is 6.54 Å². The molecular formula is C9H19NO4. The van der Waals surface area contributed by atoms with Gasteiger partial charge in [0.25, 0.3) is 0 Å². The molecule has 0 aromatic heterocycles. The normalized spacial score (nSPS) is 44.8. The zero-order valence-electron chi connectivity index (χ0n) is 8.30. The summed E-state index contributed by atoms with van der Waals surface area (Å²) in [4.78, 5) is 0. The second-order valence-electron chi connectivity index (χ2n) is 3.84. The lowest BCUT2D eigenvalue weighted by atomic mass is 9.98. The van der Waals surface area contributed by atoms with Crippen LogP contribution in [0.25, 0.3) is 0 Å². The van der Waals surface area contributed by atoms with Crippen molar-refractivity contribution < 1.29 is 20.4 Å². The fraction of sp³-hybridized carbons (Fsp3) is 1.00. The average molecular weight is 205 g/mol. The third kappa shape index (κ3) is 2.43. The number of aliphatic hydroxyl groups excluding tert-OH is 4. The van der Waals surface area contributed by atoms with Crippen molar-refractivity contribution in [1.82, 2.24) is 5.32 Å². The van der Waals surface area contributed by atoms with E-state index in [1.807, 2.05) is 6.92 Å². The van der Waals surface area contributed by atoms with Gasteiger partial charge in [0.15, 0.2) is 0 Å². The topological polar surface area (TPSA) is 93.0 Å². The summed E-state index contributed by atoms with van der Waals surface area (Å²) in [6.45, 7) is 2.17. The third-order valence-electron chi connectivity index (χ3n) is 2.70. The Morgan fingerprint density at radius 2 is 1.71 bits per heavy atom. The fourth-order valence-electron chi connectivity index (χ4n) is 1.77. The maximum absolute atomic E-state index is 9.65. The number of aliphatic hydroxyl groups is 4. The highest BCUT2D eigenvalue weighted by Gasteiger charge is 2.37. The van der Waals surface area contributed by atoms with Crippen LogP contribution >= 0.6 is 0 Å². The van der Waals surface area contributed by atoms with E-state index in [0.29, 0.717) is 6.42 Å². The molecule has 0 spiro atoms. The molecule has 1 aliphatic heterocycles. The first kappa shape index (κ1) is 11.9. The molecule has 0 bridgehead atoms. The molecule has 0 saturated carbocycles. The first-order valence-corrected chi connectivity index (χ1v) is 5.03. The van der Waals surface area contributed by atoms with Gasteiger partial charge < -0.3 is 25.7 Å². The molecule has 5 nitrogen and oxygen atoms in total. The van der Waals surface area contributed by atoms with E-state index in [1.165, 1.54) is 0 Å². The van der Waals surface area contributed by atoms with Gasteiger partial charge in [-0.1, -0.05) is 13.3 Å². The maximum Gasteiger partial charge on any atom is 0.110 e. The van der Waals surface area contributed by atoms with E-state index in [9.17, 15) is 20.4 Å². The van der Waals surface area contributed by atoms with Gasteiger partial charge in [0.05, 0.1) is 12.2 Å². The molecule has 1 saturated heterocycles. The Morgan fingerprint density at radius 1 is 1.07 bits per heavy atom. The zero-order chi connectivity index (χ0) is 10.7. The molecule has 5 atom stereocenters. The van der Waals surface area contributed by atoms with E-state index in [1.54, 1.807) is 0 Å². The lowest BCUT2D eigenvalue weighted by Crippen LogP contribution is -2.47. The van der Waals surface area contributed by atoms with Crippen molar-refractivity contribution >= 4 is 0 Å². The van der Waals surface area contributed by atoms with Crippen LogP contribution in [0.4, 0.5) is 0 Å². The minimum Gasteiger partial charge on any atom is -0.389 e. The van der Waals surface area contributed by atoms with Gasteiger partial charge >= 0.3 is 0 Å². The molecule has 0 amide bonds. The molecule has 5 N–H and O–H groups in total. The van der Waals surface area contributed by atoms with Gasteiger partial charge in [0.1, 0.15) is 12.2 Å². The predicted octanol–water partition coefficient (Wildman–Crippen LogP) is -1.80. The van der Waals surface area contributed by atoms with E-state index in [2.05, 4.69) is 5.32 Å². The molecule has 1 rings (SSSR count). The van der Waals surface area contributed by atoms with Crippen LogP contribution in [-0.4, -0.2) is 57.4 Å². The van der Waals surface area contributed by atoms with Gasteiger partial charge in [-0.05, 0) is 6.42 Å². The van der Waals surface area contributed by atoms with Crippen molar-refractivity contribution in [1.29, 1.82) is 0 Å². The highest BCUT2D eigenvalue weighted by atomic mass is 16.4. The summed E-state index contributed by atoms with van der Waals surface area (Å²) in [5.74, 6) is 0. The zero-order valence-corrected chi connectivity index (χ0v) is 8.30. The summed E-state index contributed by atoms with van der Waals surface area (Å²) in [5, 5.41) is 40.8. The number of nitrogens with one attached hydrogen (secondary N) is 1.